The summed E-state index contributed by atoms with van der Waals surface area (Å²) in [4.78, 5) is 11.5. The van der Waals surface area contributed by atoms with Crippen LogP contribution in [0.3, 0.4) is 0 Å². The second-order valence-corrected chi connectivity index (χ2v) is 3.90. The van der Waals surface area contributed by atoms with Crippen molar-refractivity contribution in [2.45, 2.75) is 19.4 Å². The van der Waals surface area contributed by atoms with E-state index in [4.69, 9.17) is 4.74 Å². The molecule has 0 aliphatic rings. The van der Waals surface area contributed by atoms with Gasteiger partial charge in [-0.2, -0.15) is 5.10 Å². The van der Waals surface area contributed by atoms with Crippen molar-refractivity contribution in [3.63, 3.8) is 0 Å². The van der Waals surface area contributed by atoms with Crippen molar-refractivity contribution in [3.05, 3.63) is 17.5 Å². The molecule has 0 saturated carbocycles. The number of nitrogens with zero attached hydrogens (tertiary/aromatic N) is 2. The quantitative estimate of drug-likeness (QED) is 0.746. The van der Waals surface area contributed by atoms with E-state index in [-0.39, 0.29) is 11.5 Å². The van der Waals surface area contributed by atoms with Gasteiger partial charge in [-0.05, 0) is 20.9 Å². The first-order valence-electron chi connectivity index (χ1n) is 4.73. The third kappa shape index (κ3) is 2.02. The number of ether oxygens (including phenoxy) is 1. The topological polar surface area (TPSA) is 56.1 Å². The van der Waals surface area contributed by atoms with E-state index >= 15 is 0 Å². The zero-order valence-electron chi connectivity index (χ0n) is 9.79. The Balaban J connectivity index is 3.27. The predicted octanol–water partition coefficient (Wildman–Crippen LogP) is 0.661. The number of nitrogens with one attached hydrogen (secondary N) is 1. The van der Waals surface area contributed by atoms with E-state index in [0.717, 1.165) is 5.69 Å². The van der Waals surface area contributed by atoms with Crippen LogP contribution in [0.25, 0.3) is 0 Å². The Morgan fingerprint density at radius 1 is 1.60 bits per heavy atom. The second kappa shape index (κ2) is 4.02. The summed E-state index contributed by atoms with van der Waals surface area (Å²) in [5.74, 6) is -0.360. The van der Waals surface area contributed by atoms with Crippen LogP contribution in [-0.4, -0.2) is 29.9 Å². The zero-order chi connectivity index (χ0) is 11.6. The van der Waals surface area contributed by atoms with E-state index in [0.29, 0.717) is 5.56 Å². The first-order chi connectivity index (χ1) is 6.94. The lowest BCUT2D eigenvalue weighted by molar-refractivity contribution is 0.0597. The average molecular weight is 211 g/mol. The van der Waals surface area contributed by atoms with Crippen molar-refractivity contribution in [1.82, 2.24) is 15.1 Å². The van der Waals surface area contributed by atoms with Gasteiger partial charge < -0.3 is 10.1 Å². The van der Waals surface area contributed by atoms with Crippen LogP contribution in [0.15, 0.2) is 6.20 Å². The maximum atomic E-state index is 11.5. The molecule has 0 saturated heterocycles. The minimum Gasteiger partial charge on any atom is -0.465 e. The molecule has 0 spiro atoms. The zero-order valence-corrected chi connectivity index (χ0v) is 9.79. The van der Waals surface area contributed by atoms with Crippen LogP contribution in [0.4, 0.5) is 0 Å². The first kappa shape index (κ1) is 11.7. The van der Waals surface area contributed by atoms with E-state index in [1.807, 2.05) is 20.9 Å². The molecule has 0 aliphatic carbocycles. The first-order valence-corrected chi connectivity index (χ1v) is 4.73. The highest BCUT2D eigenvalue weighted by molar-refractivity contribution is 5.90. The molecule has 0 radical (unpaired) electrons. The standard InChI is InChI=1S/C10H17N3O2/c1-10(2,11-3)8-7(9(14)15-5)6-12-13(8)4/h6,11H,1-5H3. The summed E-state index contributed by atoms with van der Waals surface area (Å²) in [6, 6.07) is 0. The van der Waals surface area contributed by atoms with Crippen molar-refractivity contribution in [2.75, 3.05) is 14.2 Å². The van der Waals surface area contributed by atoms with Crippen molar-refractivity contribution in [1.29, 1.82) is 0 Å². The maximum absolute atomic E-state index is 11.5. The van der Waals surface area contributed by atoms with Gasteiger partial charge in [0.1, 0.15) is 5.56 Å². The summed E-state index contributed by atoms with van der Waals surface area (Å²) in [5, 5.41) is 7.21. The Kier molecular flexibility index (Phi) is 3.14. The molecule has 5 nitrogen and oxygen atoms in total. The number of aryl methyl sites for hydroxylation is 1. The molecule has 1 N–H and O–H groups in total. The Hall–Kier alpha value is -1.36. The van der Waals surface area contributed by atoms with Gasteiger partial charge in [-0.1, -0.05) is 0 Å². The number of hydrogen-bond donors (Lipinski definition) is 1. The van der Waals surface area contributed by atoms with Gasteiger partial charge in [-0.15, -0.1) is 0 Å². The van der Waals surface area contributed by atoms with Crippen LogP contribution in [0.2, 0.25) is 0 Å². The summed E-state index contributed by atoms with van der Waals surface area (Å²) < 4.78 is 6.39. The molecule has 0 bridgehead atoms. The fraction of sp³-hybridized carbons (Fsp3) is 0.600. The lowest BCUT2D eigenvalue weighted by Crippen LogP contribution is -2.36. The van der Waals surface area contributed by atoms with E-state index in [1.54, 1.807) is 11.7 Å². The lowest BCUT2D eigenvalue weighted by atomic mass is 9.97. The Morgan fingerprint density at radius 2 is 2.20 bits per heavy atom. The average Bonchev–Trinajstić information content (AvgIpc) is 2.59. The normalized spacial score (nSPS) is 11.5. The molecule has 0 atom stereocenters. The van der Waals surface area contributed by atoms with Gasteiger partial charge in [0, 0.05) is 7.05 Å². The van der Waals surface area contributed by atoms with E-state index in [2.05, 4.69) is 10.4 Å². The predicted molar refractivity (Wildman–Crippen MR) is 56.6 cm³/mol. The van der Waals surface area contributed by atoms with Crippen LogP contribution in [0.1, 0.15) is 29.9 Å². The Labute approximate surface area is 89.4 Å². The largest absolute Gasteiger partial charge is 0.465 e. The minimum atomic E-state index is -0.360. The van der Waals surface area contributed by atoms with Gasteiger partial charge >= 0.3 is 5.97 Å². The molecule has 0 aromatic carbocycles. The third-order valence-electron chi connectivity index (χ3n) is 2.56. The number of carbonyl (C=O) groups is 1. The van der Waals surface area contributed by atoms with E-state index in [9.17, 15) is 4.79 Å². The van der Waals surface area contributed by atoms with Crippen LogP contribution in [-0.2, 0) is 17.3 Å². The molecule has 15 heavy (non-hydrogen) atoms. The lowest BCUT2D eigenvalue weighted by Gasteiger charge is -2.25. The molecule has 5 heteroatoms. The summed E-state index contributed by atoms with van der Waals surface area (Å²) in [7, 11) is 5.01. The molecular formula is C10H17N3O2. The van der Waals surface area contributed by atoms with Gasteiger partial charge in [0.15, 0.2) is 0 Å². The summed E-state index contributed by atoms with van der Waals surface area (Å²) >= 11 is 0. The summed E-state index contributed by atoms with van der Waals surface area (Å²) in [5.41, 5.74) is 0.991. The van der Waals surface area contributed by atoms with Crippen molar-refractivity contribution in [2.24, 2.45) is 7.05 Å². The molecule has 1 rings (SSSR count). The van der Waals surface area contributed by atoms with Crippen LogP contribution in [0, 0.1) is 0 Å². The van der Waals surface area contributed by atoms with E-state index in [1.165, 1.54) is 13.3 Å². The molecular weight excluding hydrogens is 194 g/mol. The van der Waals surface area contributed by atoms with Crippen molar-refractivity contribution < 1.29 is 9.53 Å². The minimum absolute atomic E-state index is 0.325. The monoisotopic (exact) mass is 211 g/mol. The second-order valence-electron chi connectivity index (χ2n) is 3.90. The van der Waals surface area contributed by atoms with Gasteiger partial charge in [0.2, 0.25) is 0 Å². The molecule has 0 aliphatic heterocycles. The molecule has 1 aromatic rings. The number of methoxy groups -OCH3 is 1. The van der Waals surface area contributed by atoms with Crippen LogP contribution in [0.5, 0.6) is 0 Å². The number of hydrogen-bond acceptors (Lipinski definition) is 4. The van der Waals surface area contributed by atoms with Crippen molar-refractivity contribution >= 4 is 5.97 Å². The summed E-state index contributed by atoms with van der Waals surface area (Å²) in [6.07, 6.45) is 1.53. The molecule has 0 amide bonds. The van der Waals surface area contributed by atoms with Crippen LogP contribution < -0.4 is 5.32 Å². The summed E-state index contributed by atoms with van der Waals surface area (Å²) in [6.45, 7) is 3.97. The number of rotatable bonds is 3. The van der Waals surface area contributed by atoms with E-state index < -0.39 is 0 Å². The fourth-order valence-corrected chi connectivity index (χ4v) is 1.56. The third-order valence-corrected chi connectivity index (χ3v) is 2.56. The molecule has 1 aromatic heterocycles. The van der Waals surface area contributed by atoms with Gasteiger partial charge in [0.05, 0.1) is 24.5 Å². The number of esters is 1. The maximum Gasteiger partial charge on any atom is 0.341 e. The Morgan fingerprint density at radius 3 is 2.67 bits per heavy atom. The highest BCUT2D eigenvalue weighted by Crippen LogP contribution is 2.23. The highest BCUT2D eigenvalue weighted by Gasteiger charge is 2.28. The van der Waals surface area contributed by atoms with Gasteiger partial charge in [-0.3, -0.25) is 4.68 Å². The number of aromatic nitrogens is 2. The van der Waals surface area contributed by atoms with Crippen molar-refractivity contribution in [3.8, 4) is 0 Å². The van der Waals surface area contributed by atoms with Gasteiger partial charge in [-0.25, -0.2) is 4.79 Å². The molecule has 0 fully saturated rings. The number of carbonyl (C=O) groups excluding carboxylic acids is 1. The molecule has 1 heterocycles. The smallest absolute Gasteiger partial charge is 0.341 e. The van der Waals surface area contributed by atoms with Crippen LogP contribution >= 0.6 is 0 Å². The van der Waals surface area contributed by atoms with Gasteiger partial charge in [0.25, 0.3) is 0 Å². The molecule has 0 unspecified atom stereocenters. The highest BCUT2D eigenvalue weighted by atomic mass is 16.5. The SMILES string of the molecule is CNC(C)(C)c1c(C(=O)OC)cnn1C. The fourth-order valence-electron chi connectivity index (χ4n) is 1.56. The molecule has 84 valence electrons. The Bertz CT molecular complexity index is 369.